The second-order valence-corrected chi connectivity index (χ2v) is 9.73. The molecule has 0 saturated carbocycles. The number of para-hydroxylation sites is 1. The minimum Gasteiger partial charge on any atom is -0.493 e. The lowest BCUT2D eigenvalue weighted by Gasteiger charge is -2.10. The number of nitrogens with zero attached hydrogens (tertiary/aromatic N) is 3. The molecule has 1 N–H and O–H groups in total. The zero-order valence-corrected chi connectivity index (χ0v) is 19.8. The molecule has 0 radical (unpaired) electrons. The number of carbonyl (C=O) groups excluding carboxylic acids is 1. The number of sulfone groups is 1. The van der Waals surface area contributed by atoms with Gasteiger partial charge in [0.05, 0.1) is 28.4 Å². The predicted molar refractivity (Wildman–Crippen MR) is 124 cm³/mol. The van der Waals surface area contributed by atoms with Crippen LogP contribution in [0.1, 0.15) is 21.6 Å². The number of carbonyl (C=O) groups is 1. The van der Waals surface area contributed by atoms with Crippen LogP contribution in [0.25, 0.3) is 5.69 Å². The summed E-state index contributed by atoms with van der Waals surface area (Å²) in [5, 5.41) is 10.6. The minimum atomic E-state index is -5.58. The van der Waals surface area contributed by atoms with Crippen molar-refractivity contribution < 1.29 is 36.2 Å². The standard InChI is InChI=1S/C24H18F3N3O6S/c1-15-21(31)30(17-7-9-19(10-8-17)37(34,35)24(25,26)27)23(33)29(15)14-16-11-12-28-13-20(16)22(32)36-18-5-3-2-4-6-18/h2-13,31H,14H2,1H3. The first kappa shape index (κ1) is 25.7. The molecule has 0 atom stereocenters. The molecule has 13 heteroatoms. The molecule has 9 nitrogen and oxygen atoms in total. The van der Waals surface area contributed by atoms with Gasteiger partial charge in [-0.2, -0.15) is 13.2 Å². The molecule has 0 bridgehead atoms. The van der Waals surface area contributed by atoms with Crippen LogP contribution in [0.5, 0.6) is 11.6 Å². The Morgan fingerprint density at radius 1 is 1.05 bits per heavy atom. The molecule has 4 rings (SSSR count). The molecule has 0 saturated heterocycles. The highest BCUT2D eigenvalue weighted by Crippen LogP contribution is 2.31. The van der Waals surface area contributed by atoms with Crippen LogP contribution in [-0.2, 0) is 16.4 Å². The summed E-state index contributed by atoms with van der Waals surface area (Å²) in [7, 11) is -5.58. The SMILES string of the molecule is Cc1c(O)n(-c2ccc(S(=O)(=O)C(F)(F)F)cc2)c(=O)n1Cc1ccncc1C(=O)Oc1ccccc1. The summed E-state index contributed by atoms with van der Waals surface area (Å²) in [4.78, 5) is 28.8. The van der Waals surface area contributed by atoms with Crippen LogP contribution in [0.3, 0.4) is 0 Å². The van der Waals surface area contributed by atoms with Crippen molar-refractivity contribution >= 4 is 15.8 Å². The van der Waals surface area contributed by atoms with Crippen LogP contribution in [0.15, 0.2) is 82.7 Å². The van der Waals surface area contributed by atoms with Gasteiger partial charge in [-0.25, -0.2) is 22.6 Å². The number of hydrogen-bond donors (Lipinski definition) is 1. The highest BCUT2D eigenvalue weighted by atomic mass is 32.2. The number of aromatic nitrogens is 3. The van der Waals surface area contributed by atoms with Crippen LogP contribution >= 0.6 is 0 Å². The van der Waals surface area contributed by atoms with Gasteiger partial charge in [-0.05, 0) is 55.0 Å². The van der Waals surface area contributed by atoms with Gasteiger partial charge in [0.25, 0.3) is 9.84 Å². The van der Waals surface area contributed by atoms with Gasteiger partial charge in [0, 0.05) is 12.4 Å². The van der Waals surface area contributed by atoms with Crippen molar-refractivity contribution in [3.05, 3.63) is 100 Å². The zero-order chi connectivity index (χ0) is 27.0. The van der Waals surface area contributed by atoms with Crippen molar-refractivity contribution in [1.29, 1.82) is 0 Å². The van der Waals surface area contributed by atoms with Gasteiger partial charge < -0.3 is 9.84 Å². The van der Waals surface area contributed by atoms with Crippen LogP contribution in [0.2, 0.25) is 0 Å². The summed E-state index contributed by atoms with van der Waals surface area (Å²) in [5.74, 6) is -0.931. The maximum atomic E-state index is 13.2. The third kappa shape index (κ3) is 4.85. The molecule has 0 aliphatic rings. The Kier molecular flexibility index (Phi) is 6.65. The first-order valence-electron chi connectivity index (χ1n) is 10.5. The molecule has 0 aliphatic heterocycles. The smallest absolute Gasteiger partial charge is 0.493 e. The molecule has 2 aromatic heterocycles. The van der Waals surface area contributed by atoms with E-state index >= 15 is 0 Å². The first-order chi connectivity index (χ1) is 17.4. The number of hydrogen-bond acceptors (Lipinski definition) is 7. The average molecular weight is 533 g/mol. The Hall–Kier alpha value is -4.39. The van der Waals surface area contributed by atoms with Crippen molar-refractivity contribution in [2.24, 2.45) is 0 Å². The molecular weight excluding hydrogens is 515 g/mol. The highest BCUT2D eigenvalue weighted by Gasteiger charge is 2.46. The maximum Gasteiger partial charge on any atom is 0.501 e. The van der Waals surface area contributed by atoms with Gasteiger partial charge in [0.15, 0.2) is 0 Å². The summed E-state index contributed by atoms with van der Waals surface area (Å²) < 4.78 is 69.0. The quantitative estimate of drug-likeness (QED) is 0.297. The van der Waals surface area contributed by atoms with Crippen molar-refractivity contribution in [3.8, 4) is 17.3 Å². The Labute approximate surface area is 207 Å². The monoisotopic (exact) mass is 533 g/mol. The molecule has 2 heterocycles. The van der Waals surface area contributed by atoms with Gasteiger partial charge in [0.2, 0.25) is 5.88 Å². The minimum absolute atomic E-state index is 0.0658. The second-order valence-electron chi connectivity index (χ2n) is 7.79. The van der Waals surface area contributed by atoms with Gasteiger partial charge >= 0.3 is 17.2 Å². The Morgan fingerprint density at radius 3 is 2.32 bits per heavy atom. The fourth-order valence-corrected chi connectivity index (χ4v) is 4.29. The number of pyridine rings is 1. The van der Waals surface area contributed by atoms with Crippen LogP contribution in [0, 0.1) is 6.92 Å². The van der Waals surface area contributed by atoms with E-state index in [2.05, 4.69) is 4.98 Å². The molecular formula is C24H18F3N3O6S. The number of halogens is 3. The molecule has 0 aliphatic carbocycles. The number of alkyl halides is 3. The number of ether oxygens (including phenoxy) is 1. The summed E-state index contributed by atoms with van der Waals surface area (Å²) >= 11 is 0. The molecule has 0 amide bonds. The average Bonchev–Trinajstić information content (AvgIpc) is 3.07. The second kappa shape index (κ2) is 9.58. The number of imidazole rings is 1. The Bertz CT molecular complexity index is 1630. The number of aromatic hydroxyl groups is 1. The van der Waals surface area contributed by atoms with Crippen molar-refractivity contribution in [2.45, 2.75) is 23.9 Å². The van der Waals surface area contributed by atoms with Gasteiger partial charge in [-0.15, -0.1) is 0 Å². The number of esters is 1. The number of rotatable bonds is 6. The van der Waals surface area contributed by atoms with E-state index in [0.717, 1.165) is 21.3 Å². The van der Waals surface area contributed by atoms with E-state index in [1.165, 1.54) is 25.4 Å². The van der Waals surface area contributed by atoms with Gasteiger partial charge in [-0.3, -0.25) is 9.55 Å². The van der Waals surface area contributed by atoms with E-state index in [1.54, 1.807) is 30.3 Å². The lowest BCUT2D eigenvalue weighted by atomic mass is 10.1. The van der Waals surface area contributed by atoms with Gasteiger partial charge in [-0.1, -0.05) is 18.2 Å². The summed E-state index contributed by atoms with van der Waals surface area (Å²) in [5.41, 5.74) is -5.81. The normalized spacial score (nSPS) is 11.9. The van der Waals surface area contributed by atoms with Crippen LogP contribution in [0.4, 0.5) is 13.2 Å². The third-order valence-corrected chi connectivity index (χ3v) is 6.99. The van der Waals surface area contributed by atoms with Crippen LogP contribution < -0.4 is 10.4 Å². The lowest BCUT2D eigenvalue weighted by Crippen LogP contribution is -2.26. The predicted octanol–water partition coefficient (Wildman–Crippen LogP) is 3.61. The molecule has 0 spiro atoms. The molecule has 4 aromatic rings. The van der Waals surface area contributed by atoms with Crippen molar-refractivity contribution in [1.82, 2.24) is 14.1 Å². The summed E-state index contributed by atoms with van der Waals surface area (Å²) in [6, 6.07) is 13.1. The van der Waals surface area contributed by atoms with E-state index in [1.807, 2.05) is 0 Å². The van der Waals surface area contributed by atoms with E-state index in [9.17, 15) is 36.3 Å². The fourth-order valence-electron chi connectivity index (χ4n) is 3.53. The summed E-state index contributed by atoms with van der Waals surface area (Å²) in [6.45, 7) is 1.26. The Morgan fingerprint density at radius 2 is 1.70 bits per heavy atom. The molecule has 192 valence electrons. The number of benzene rings is 2. The van der Waals surface area contributed by atoms with E-state index in [4.69, 9.17) is 4.74 Å². The molecule has 0 unspecified atom stereocenters. The van der Waals surface area contributed by atoms with Crippen molar-refractivity contribution in [2.75, 3.05) is 0 Å². The topological polar surface area (TPSA) is 120 Å². The van der Waals surface area contributed by atoms with Crippen LogP contribution in [-0.4, -0.2) is 39.1 Å². The molecule has 37 heavy (non-hydrogen) atoms. The fraction of sp³-hybridized carbons (Fsp3) is 0.125. The zero-order valence-electron chi connectivity index (χ0n) is 19.0. The first-order valence-corrected chi connectivity index (χ1v) is 12.0. The maximum absolute atomic E-state index is 13.2. The molecule has 2 aromatic carbocycles. The van der Waals surface area contributed by atoms with E-state index in [-0.39, 0.29) is 23.5 Å². The van der Waals surface area contributed by atoms with E-state index < -0.39 is 37.8 Å². The van der Waals surface area contributed by atoms with Gasteiger partial charge in [0.1, 0.15) is 5.75 Å². The van der Waals surface area contributed by atoms with Crippen molar-refractivity contribution in [3.63, 3.8) is 0 Å². The molecule has 0 fully saturated rings. The largest absolute Gasteiger partial charge is 0.501 e. The third-order valence-electron chi connectivity index (χ3n) is 5.49. The summed E-state index contributed by atoms with van der Waals surface area (Å²) in [6.07, 6.45) is 2.68. The lowest BCUT2D eigenvalue weighted by molar-refractivity contribution is -0.0436. The van der Waals surface area contributed by atoms with E-state index in [0.29, 0.717) is 23.4 Å². The Balaban J connectivity index is 1.68. The highest BCUT2D eigenvalue weighted by molar-refractivity contribution is 7.92.